The molecule has 1 aromatic rings. The molecule has 1 fully saturated rings. The van der Waals surface area contributed by atoms with E-state index < -0.39 is 12.0 Å². The number of aliphatic hydroxyl groups is 1. The second kappa shape index (κ2) is 6.80. The van der Waals surface area contributed by atoms with Gasteiger partial charge in [0.2, 0.25) is 0 Å². The number of carbonyl (C=O) groups excluding carboxylic acids is 1. The summed E-state index contributed by atoms with van der Waals surface area (Å²) in [5, 5.41) is 12.2. The van der Waals surface area contributed by atoms with E-state index in [1.54, 1.807) is 12.1 Å². The van der Waals surface area contributed by atoms with Gasteiger partial charge in [-0.2, -0.15) is 0 Å². The highest BCUT2D eigenvalue weighted by Crippen LogP contribution is 2.40. The Morgan fingerprint density at radius 2 is 1.91 bits per heavy atom. The maximum atomic E-state index is 12.7. The molecule has 1 aliphatic heterocycles. The normalized spacial score (nSPS) is 24.8. The molecule has 0 aromatic heterocycles. The molecule has 22 heavy (non-hydrogen) atoms. The number of aliphatic hydroxyl groups excluding tert-OH is 1. The number of nitrogens with one attached hydrogen (secondary N) is 1. The van der Waals surface area contributed by atoms with Crippen molar-refractivity contribution in [2.24, 2.45) is 11.8 Å². The molecular formula is C15H21NO4P2. The van der Waals surface area contributed by atoms with E-state index in [2.05, 4.69) is 18.9 Å². The van der Waals surface area contributed by atoms with Gasteiger partial charge in [-0.15, -0.1) is 0 Å². The summed E-state index contributed by atoms with van der Waals surface area (Å²) in [6, 6.07) is 3.49. The van der Waals surface area contributed by atoms with Crippen molar-refractivity contribution in [1.29, 1.82) is 0 Å². The SMILES string of the molecule is [3H]N1CCC(C(O)C2Cc3cc(OP)c(OP)cc3C2=O)CC1. The molecule has 3 rings (SSSR count). The van der Waals surface area contributed by atoms with Gasteiger partial charge in [-0.3, -0.25) is 4.79 Å². The maximum absolute atomic E-state index is 12.7. The Hall–Kier alpha value is -0.730. The predicted octanol–water partition coefficient (Wildman–Crippen LogP) is 1.74. The summed E-state index contributed by atoms with van der Waals surface area (Å²) in [6.07, 6.45) is 1.37. The molecular weight excluding hydrogens is 320 g/mol. The van der Waals surface area contributed by atoms with Crippen LogP contribution in [0.1, 0.15) is 28.8 Å². The summed E-state index contributed by atoms with van der Waals surface area (Å²) >= 11 is 0. The Morgan fingerprint density at radius 1 is 1.27 bits per heavy atom. The largest absolute Gasteiger partial charge is 0.476 e. The summed E-state index contributed by atoms with van der Waals surface area (Å²) in [5.74, 6) is 0.669. The molecule has 0 saturated carbocycles. The lowest BCUT2D eigenvalue weighted by molar-refractivity contribution is 0.0362. The quantitative estimate of drug-likeness (QED) is 0.815. The van der Waals surface area contributed by atoms with E-state index in [4.69, 9.17) is 10.5 Å². The number of ketones is 1. The molecule has 0 bridgehead atoms. The number of carbonyl (C=O) groups is 1. The molecule has 0 radical (unpaired) electrons. The average Bonchev–Trinajstić information content (AvgIpc) is 2.89. The third-order valence-electron chi connectivity index (χ3n) is 4.68. The lowest BCUT2D eigenvalue weighted by Gasteiger charge is -2.30. The van der Waals surface area contributed by atoms with Crippen LogP contribution in [0.3, 0.4) is 0 Å². The molecule has 1 heterocycles. The van der Waals surface area contributed by atoms with Crippen molar-refractivity contribution in [2.75, 3.05) is 13.1 Å². The van der Waals surface area contributed by atoms with Crippen molar-refractivity contribution >= 4 is 24.7 Å². The second-order valence-electron chi connectivity index (χ2n) is 5.87. The first-order chi connectivity index (χ1) is 11.0. The number of fused-ring (bicyclic) bond motifs is 1. The fraction of sp³-hybridized carbons (Fsp3) is 0.533. The number of benzene rings is 1. The standard InChI is InChI=1S/C15H21NO4P2/c17-14(8-1-3-16-4-2-8)11-5-9-6-12(19-21)13(20-22)7-10(9)15(11)18/h6-8,11,14,16-17H,1-5,21-22H2/i/hT. The summed E-state index contributed by atoms with van der Waals surface area (Å²) in [5.41, 5.74) is 1.50. The van der Waals surface area contributed by atoms with Gasteiger partial charge in [0.05, 0.1) is 31.0 Å². The summed E-state index contributed by atoms with van der Waals surface area (Å²) in [7, 11) is 4.32. The van der Waals surface area contributed by atoms with Crippen LogP contribution < -0.4 is 14.4 Å². The Morgan fingerprint density at radius 3 is 2.55 bits per heavy atom. The van der Waals surface area contributed by atoms with Crippen LogP contribution in [0.25, 0.3) is 0 Å². The summed E-state index contributed by atoms with van der Waals surface area (Å²) in [4.78, 5) is 12.7. The van der Waals surface area contributed by atoms with Crippen molar-refractivity contribution in [2.45, 2.75) is 25.4 Å². The smallest absolute Gasteiger partial charge is 0.169 e. The summed E-state index contributed by atoms with van der Waals surface area (Å²) in [6.45, 7) is 1.29. The average molecular weight is 343 g/mol. The van der Waals surface area contributed by atoms with E-state index in [0.29, 0.717) is 36.6 Å². The van der Waals surface area contributed by atoms with Crippen LogP contribution in [-0.2, 0) is 6.42 Å². The van der Waals surface area contributed by atoms with Crippen molar-refractivity contribution in [3.05, 3.63) is 23.3 Å². The van der Waals surface area contributed by atoms with Crippen LogP contribution >= 0.6 is 18.9 Å². The minimum Gasteiger partial charge on any atom is -0.476 e. The topological polar surface area (TPSA) is 67.8 Å². The van der Waals surface area contributed by atoms with Crippen LogP contribution in [0.15, 0.2) is 12.1 Å². The fourth-order valence-corrected chi connectivity index (χ4v) is 3.80. The maximum Gasteiger partial charge on any atom is 0.169 e. The lowest BCUT2D eigenvalue weighted by Crippen LogP contribution is -2.39. The van der Waals surface area contributed by atoms with E-state index >= 15 is 0 Å². The molecule has 7 heteroatoms. The fourth-order valence-electron chi connectivity index (χ4n) is 3.43. The molecule has 0 amide bonds. The van der Waals surface area contributed by atoms with Gasteiger partial charge in [0.1, 0.15) is 1.41 Å². The first-order valence-corrected chi connectivity index (χ1v) is 8.36. The van der Waals surface area contributed by atoms with Crippen molar-refractivity contribution in [1.82, 2.24) is 5.31 Å². The van der Waals surface area contributed by atoms with Gasteiger partial charge in [-0.1, -0.05) is 0 Å². The highest BCUT2D eigenvalue weighted by Gasteiger charge is 2.39. The molecule has 1 saturated heterocycles. The molecule has 1 aliphatic carbocycles. The zero-order valence-corrected chi connectivity index (χ0v) is 14.5. The monoisotopic (exact) mass is 343 g/mol. The first kappa shape index (κ1) is 14.8. The second-order valence-corrected chi connectivity index (χ2v) is 6.34. The minimum absolute atomic E-state index is 0.0283. The number of Topliss-reactive ketones (excluding diaryl/α,β-unsaturated/α-hetero) is 1. The third kappa shape index (κ3) is 2.88. The molecule has 2 aliphatic rings. The van der Waals surface area contributed by atoms with Crippen LogP contribution in [0, 0.1) is 11.8 Å². The molecule has 2 N–H and O–H groups in total. The van der Waals surface area contributed by atoms with Gasteiger partial charge in [0, 0.05) is 5.56 Å². The highest BCUT2D eigenvalue weighted by molar-refractivity contribution is 7.10. The minimum atomic E-state index is -0.663. The Kier molecular flexibility index (Phi) is 4.59. The van der Waals surface area contributed by atoms with Crippen LogP contribution in [0.2, 0.25) is 1.41 Å². The third-order valence-corrected chi connectivity index (χ3v) is 5.18. The number of piperidine rings is 1. The van der Waals surface area contributed by atoms with E-state index in [0.717, 1.165) is 18.4 Å². The zero-order chi connectivity index (χ0) is 16.6. The lowest BCUT2D eigenvalue weighted by atomic mass is 9.83. The van der Waals surface area contributed by atoms with E-state index in [9.17, 15) is 9.90 Å². The molecule has 4 atom stereocenters. The first-order valence-electron chi connectivity index (χ1n) is 7.86. The molecule has 1 aromatic carbocycles. The predicted molar refractivity (Wildman–Crippen MR) is 90.2 cm³/mol. The van der Waals surface area contributed by atoms with E-state index in [-0.39, 0.29) is 11.7 Å². The Balaban J connectivity index is 1.80. The van der Waals surface area contributed by atoms with Gasteiger partial charge >= 0.3 is 0 Å². The Labute approximate surface area is 136 Å². The van der Waals surface area contributed by atoms with Gasteiger partial charge in [0.25, 0.3) is 0 Å². The van der Waals surface area contributed by atoms with Crippen LogP contribution in [-0.4, -0.2) is 30.1 Å². The molecule has 5 nitrogen and oxygen atoms in total. The van der Waals surface area contributed by atoms with Crippen molar-refractivity contribution in [3.8, 4) is 11.5 Å². The van der Waals surface area contributed by atoms with Gasteiger partial charge in [-0.05, 0) is 56.0 Å². The number of hydrogen-bond acceptors (Lipinski definition) is 5. The number of hydrogen-bond donors (Lipinski definition) is 2. The van der Waals surface area contributed by atoms with E-state index in [1.165, 1.54) is 5.31 Å². The van der Waals surface area contributed by atoms with Gasteiger partial charge in [0.15, 0.2) is 17.3 Å². The van der Waals surface area contributed by atoms with Gasteiger partial charge in [-0.25, -0.2) is 0 Å². The van der Waals surface area contributed by atoms with Crippen LogP contribution in [0.5, 0.6) is 11.5 Å². The molecule has 0 spiro atoms. The zero-order valence-electron chi connectivity index (χ0n) is 13.2. The van der Waals surface area contributed by atoms with Crippen LogP contribution in [0.4, 0.5) is 0 Å². The highest BCUT2D eigenvalue weighted by atomic mass is 31.0. The van der Waals surface area contributed by atoms with Crippen molar-refractivity contribution < 1.29 is 20.4 Å². The Bertz CT molecular complexity index is 607. The van der Waals surface area contributed by atoms with E-state index in [1.807, 2.05) is 0 Å². The van der Waals surface area contributed by atoms with Crippen molar-refractivity contribution in [3.63, 3.8) is 0 Å². The molecule has 120 valence electrons. The summed E-state index contributed by atoms with van der Waals surface area (Å²) < 4.78 is 18.0. The van der Waals surface area contributed by atoms with Gasteiger partial charge < -0.3 is 19.5 Å². The number of rotatable bonds is 4. The molecule has 4 unspecified atom stereocenters.